The van der Waals surface area contributed by atoms with Crippen molar-refractivity contribution in [1.82, 2.24) is 4.98 Å². The number of pyridine rings is 1. The molecule has 0 atom stereocenters. The zero-order valence-corrected chi connectivity index (χ0v) is 11.3. The number of nitrogens with zero attached hydrogens (tertiary/aromatic N) is 1. The zero-order valence-electron chi connectivity index (χ0n) is 10.5. The molecule has 2 N–H and O–H groups in total. The molecule has 2 rings (SSSR count). The predicted molar refractivity (Wildman–Crippen MR) is 73.1 cm³/mol. The van der Waals surface area contributed by atoms with E-state index in [4.69, 9.17) is 10.5 Å². The van der Waals surface area contributed by atoms with Gasteiger partial charge in [-0.15, -0.1) is 0 Å². The number of methoxy groups -OCH3 is 1. The van der Waals surface area contributed by atoms with Crippen LogP contribution < -0.4 is 5.73 Å². The Labute approximate surface area is 111 Å². The predicted octanol–water partition coefficient (Wildman–Crippen LogP) is 2.24. The van der Waals surface area contributed by atoms with Crippen LogP contribution in [0.4, 0.5) is 5.69 Å². The zero-order chi connectivity index (χ0) is 13.0. The first-order chi connectivity index (χ1) is 8.63. The van der Waals surface area contributed by atoms with Crippen molar-refractivity contribution in [2.45, 2.75) is 25.0 Å². The molecule has 0 spiro atoms. The molecule has 4 nitrogen and oxygen atoms in total. The molecular weight excluding hydrogens is 248 g/mol. The Hall–Kier alpha value is -1.23. The number of carbonyl (C=O) groups excluding carboxylic acids is 1. The lowest BCUT2D eigenvalue weighted by atomic mass is 10.1. The van der Waals surface area contributed by atoms with Crippen molar-refractivity contribution in [3.8, 4) is 0 Å². The molecule has 0 aromatic carbocycles. The van der Waals surface area contributed by atoms with E-state index in [1.54, 1.807) is 12.3 Å². The number of nitrogens with two attached hydrogens (primary N) is 1. The SMILES string of the molecule is COC(=O)CC1(CSCc2cc(N)ccn2)CC1. The third-order valence-electron chi connectivity index (χ3n) is 3.20. The molecule has 1 aromatic rings. The quantitative estimate of drug-likeness (QED) is 0.800. The Morgan fingerprint density at radius 3 is 3.00 bits per heavy atom. The average Bonchev–Trinajstić information content (AvgIpc) is 3.09. The summed E-state index contributed by atoms with van der Waals surface area (Å²) in [6.07, 6.45) is 4.52. The Morgan fingerprint density at radius 1 is 1.61 bits per heavy atom. The Balaban J connectivity index is 1.77. The van der Waals surface area contributed by atoms with Gasteiger partial charge in [-0.2, -0.15) is 11.8 Å². The van der Waals surface area contributed by atoms with Gasteiger partial charge in [0.1, 0.15) is 0 Å². The molecule has 0 bridgehead atoms. The minimum atomic E-state index is -0.102. The summed E-state index contributed by atoms with van der Waals surface area (Å²) < 4.78 is 4.73. The molecule has 0 aliphatic heterocycles. The molecule has 1 saturated carbocycles. The summed E-state index contributed by atoms with van der Waals surface area (Å²) in [4.78, 5) is 15.5. The standard InChI is InChI=1S/C13H18N2O2S/c1-17-12(16)7-13(3-4-13)9-18-8-11-6-10(14)2-5-15-11/h2,5-6H,3-4,7-9H2,1H3,(H2,14,15). The van der Waals surface area contributed by atoms with E-state index in [2.05, 4.69) is 4.98 Å². The van der Waals surface area contributed by atoms with Gasteiger partial charge in [0.05, 0.1) is 19.2 Å². The second kappa shape index (κ2) is 5.61. The van der Waals surface area contributed by atoms with Gasteiger partial charge in [0.15, 0.2) is 0 Å². The summed E-state index contributed by atoms with van der Waals surface area (Å²) in [5, 5.41) is 0. The highest BCUT2D eigenvalue weighted by Crippen LogP contribution is 2.51. The summed E-state index contributed by atoms with van der Waals surface area (Å²) >= 11 is 1.81. The van der Waals surface area contributed by atoms with Gasteiger partial charge in [0, 0.05) is 17.6 Å². The highest BCUT2D eigenvalue weighted by Gasteiger charge is 2.44. The van der Waals surface area contributed by atoms with Crippen LogP contribution in [0, 0.1) is 5.41 Å². The lowest BCUT2D eigenvalue weighted by molar-refractivity contribution is -0.141. The third-order valence-corrected chi connectivity index (χ3v) is 4.52. The third kappa shape index (κ3) is 3.63. The Bertz CT molecular complexity index is 433. The van der Waals surface area contributed by atoms with Gasteiger partial charge in [0.25, 0.3) is 0 Å². The second-order valence-electron chi connectivity index (χ2n) is 4.83. The van der Waals surface area contributed by atoms with Gasteiger partial charge in [-0.3, -0.25) is 9.78 Å². The van der Waals surface area contributed by atoms with Crippen molar-refractivity contribution in [1.29, 1.82) is 0 Å². The van der Waals surface area contributed by atoms with E-state index in [1.807, 2.05) is 17.8 Å². The van der Waals surface area contributed by atoms with Gasteiger partial charge in [-0.1, -0.05) is 0 Å². The minimum Gasteiger partial charge on any atom is -0.469 e. The molecule has 5 heteroatoms. The van der Waals surface area contributed by atoms with Crippen molar-refractivity contribution < 1.29 is 9.53 Å². The van der Waals surface area contributed by atoms with Crippen LogP contribution in [0.15, 0.2) is 18.3 Å². The molecule has 1 fully saturated rings. The molecule has 98 valence electrons. The van der Waals surface area contributed by atoms with Crippen molar-refractivity contribution in [2.75, 3.05) is 18.6 Å². The molecule has 0 saturated heterocycles. The van der Waals surface area contributed by atoms with Crippen LogP contribution in [-0.2, 0) is 15.3 Å². The fourth-order valence-corrected chi connectivity index (χ4v) is 3.17. The number of thioether (sulfide) groups is 1. The van der Waals surface area contributed by atoms with E-state index in [-0.39, 0.29) is 11.4 Å². The van der Waals surface area contributed by atoms with Crippen molar-refractivity contribution >= 4 is 23.4 Å². The van der Waals surface area contributed by atoms with E-state index in [9.17, 15) is 4.79 Å². The number of hydrogen-bond donors (Lipinski definition) is 1. The van der Waals surface area contributed by atoms with E-state index in [0.29, 0.717) is 6.42 Å². The summed E-state index contributed by atoms with van der Waals surface area (Å²) in [6, 6.07) is 3.68. The van der Waals surface area contributed by atoms with E-state index < -0.39 is 0 Å². The lowest BCUT2D eigenvalue weighted by Crippen LogP contribution is -2.13. The van der Waals surface area contributed by atoms with E-state index >= 15 is 0 Å². The fourth-order valence-electron chi connectivity index (χ4n) is 1.88. The Kier molecular flexibility index (Phi) is 4.11. The highest BCUT2D eigenvalue weighted by molar-refractivity contribution is 7.98. The average molecular weight is 266 g/mol. The first-order valence-corrected chi connectivity index (χ1v) is 7.14. The van der Waals surface area contributed by atoms with Crippen molar-refractivity contribution in [2.24, 2.45) is 5.41 Å². The molecule has 1 aliphatic carbocycles. The maximum atomic E-state index is 11.3. The van der Waals surface area contributed by atoms with Gasteiger partial charge < -0.3 is 10.5 Å². The highest BCUT2D eigenvalue weighted by atomic mass is 32.2. The molecule has 0 unspecified atom stereocenters. The van der Waals surface area contributed by atoms with Gasteiger partial charge in [-0.25, -0.2) is 0 Å². The maximum absolute atomic E-state index is 11.3. The summed E-state index contributed by atoms with van der Waals surface area (Å²) in [6.45, 7) is 0. The first-order valence-electron chi connectivity index (χ1n) is 5.99. The molecule has 1 aliphatic rings. The number of anilines is 1. The number of hydrogen-bond acceptors (Lipinski definition) is 5. The number of esters is 1. The summed E-state index contributed by atoms with van der Waals surface area (Å²) in [5.74, 6) is 1.72. The van der Waals surface area contributed by atoms with Gasteiger partial charge >= 0.3 is 5.97 Å². The van der Waals surface area contributed by atoms with Crippen LogP contribution in [0.5, 0.6) is 0 Å². The van der Waals surface area contributed by atoms with Crippen LogP contribution in [0.1, 0.15) is 25.0 Å². The number of ether oxygens (including phenoxy) is 1. The first kappa shape index (κ1) is 13.2. The smallest absolute Gasteiger partial charge is 0.306 e. The maximum Gasteiger partial charge on any atom is 0.306 e. The molecular formula is C13H18N2O2S. The number of aromatic nitrogens is 1. The van der Waals surface area contributed by atoms with Crippen molar-refractivity contribution in [3.05, 3.63) is 24.0 Å². The largest absolute Gasteiger partial charge is 0.469 e. The summed E-state index contributed by atoms with van der Waals surface area (Å²) in [7, 11) is 1.45. The molecule has 1 aromatic heterocycles. The van der Waals surface area contributed by atoms with Crippen LogP contribution in [-0.4, -0.2) is 23.8 Å². The fraction of sp³-hybridized carbons (Fsp3) is 0.538. The number of rotatable bonds is 6. The van der Waals surface area contributed by atoms with Crippen LogP contribution in [0.25, 0.3) is 0 Å². The lowest BCUT2D eigenvalue weighted by Gasteiger charge is -2.12. The molecule has 18 heavy (non-hydrogen) atoms. The van der Waals surface area contributed by atoms with Gasteiger partial charge in [-0.05, 0) is 36.1 Å². The summed E-state index contributed by atoms with van der Waals surface area (Å²) in [5.41, 5.74) is 7.62. The molecule has 1 heterocycles. The topological polar surface area (TPSA) is 65.2 Å². The van der Waals surface area contributed by atoms with Crippen LogP contribution in [0.3, 0.4) is 0 Å². The van der Waals surface area contributed by atoms with E-state index in [0.717, 1.165) is 35.7 Å². The normalized spacial score (nSPS) is 16.3. The second-order valence-corrected chi connectivity index (χ2v) is 5.81. The molecule has 0 amide bonds. The van der Waals surface area contributed by atoms with Crippen LogP contribution >= 0.6 is 11.8 Å². The van der Waals surface area contributed by atoms with Crippen molar-refractivity contribution in [3.63, 3.8) is 0 Å². The Morgan fingerprint density at radius 2 is 2.39 bits per heavy atom. The monoisotopic (exact) mass is 266 g/mol. The van der Waals surface area contributed by atoms with Crippen LogP contribution in [0.2, 0.25) is 0 Å². The number of carbonyl (C=O) groups is 1. The number of nitrogen functional groups attached to an aromatic ring is 1. The minimum absolute atomic E-state index is 0.102. The van der Waals surface area contributed by atoms with E-state index in [1.165, 1.54) is 7.11 Å². The molecule has 0 radical (unpaired) electrons. The van der Waals surface area contributed by atoms with Gasteiger partial charge in [0.2, 0.25) is 0 Å².